The molecule has 6 N–H and O–H groups in total. The SMILES string of the molecule is Cc1cnc(Nc2ccc(N3CCN(CC(=O)NCCCCCNc4cccc5c4C(=O)N(C4CCC(=O)NC4=O)C5=O)CC3)cc2)nc1Nc1cccc(S(=O)(=O)NC(C)(C)C)c1. The van der Waals surface area contributed by atoms with Crippen LogP contribution in [0.25, 0.3) is 0 Å². The van der Waals surface area contributed by atoms with E-state index in [-0.39, 0.29) is 34.8 Å². The van der Waals surface area contributed by atoms with Crippen LogP contribution >= 0.6 is 0 Å². The zero-order chi connectivity index (χ0) is 45.6. The minimum absolute atomic E-state index is 0.0165. The first-order valence-corrected chi connectivity index (χ1v) is 23.0. The fourth-order valence-electron chi connectivity index (χ4n) is 7.82. The lowest BCUT2D eigenvalue weighted by atomic mass is 10.0. The summed E-state index contributed by atoms with van der Waals surface area (Å²) in [7, 11) is -3.71. The van der Waals surface area contributed by atoms with Crippen LogP contribution in [0.4, 0.5) is 34.5 Å². The summed E-state index contributed by atoms with van der Waals surface area (Å²) in [6.45, 7) is 11.7. The number of amides is 5. The number of aryl methyl sites for hydroxylation is 1. The first-order valence-electron chi connectivity index (χ1n) is 21.5. The van der Waals surface area contributed by atoms with Gasteiger partial charge in [0.15, 0.2) is 0 Å². The molecule has 2 saturated heterocycles. The lowest BCUT2D eigenvalue weighted by Crippen LogP contribution is -2.54. The van der Waals surface area contributed by atoms with E-state index in [1.807, 2.05) is 31.2 Å². The van der Waals surface area contributed by atoms with E-state index in [2.05, 4.69) is 51.1 Å². The number of piperidine rings is 1. The van der Waals surface area contributed by atoms with Crippen LogP contribution in [-0.2, 0) is 24.4 Å². The Labute approximate surface area is 373 Å². The molecule has 64 heavy (non-hydrogen) atoms. The molecule has 3 aliphatic heterocycles. The van der Waals surface area contributed by atoms with Gasteiger partial charge >= 0.3 is 0 Å². The van der Waals surface area contributed by atoms with E-state index in [1.54, 1.807) is 69.4 Å². The summed E-state index contributed by atoms with van der Waals surface area (Å²) < 4.78 is 28.5. The van der Waals surface area contributed by atoms with Crippen LogP contribution in [0.5, 0.6) is 0 Å². The Morgan fingerprint density at radius 3 is 2.33 bits per heavy atom. The van der Waals surface area contributed by atoms with Crippen LogP contribution in [0.1, 0.15) is 79.2 Å². The molecule has 3 aliphatic rings. The zero-order valence-electron chi connectivity index (χ0n) is 36.5. The number of carbonyl (C=O) groups is 5. The molecule has 0 spiro atoms. The highest BCUT2D eigenvalue weighted by molar-refractivity contribution is 7.89. The molecule has 0 saturated carbocycles. The molecule has 5 amide bonds. The lowest BCUT2D eigenvalue weighted by Gasteiger charge is -2.35. The second kappa shape index (κ2) is 19.5. The molecule has 4 heterocycles. The first kappa shape index (κ1) is 45.6. The van der Waals surface area contributed by atoms with Crippen LogP contribution in [0.3, 0.4) is 0 Å². The molecule has 0 radical (unpaired) electrons. The number of anilines is 6. The van der Waals surface area contributed by atoms with Crippen molar-refractivity contribution in [2.75, 3.05) is 66.7 Å². The van der Waals surface area contributed by atoms with Gasteiger partial charge in [0.2, 0.25) is 33.7 Å². The summed E-state index contributed by atoms with van der Waals surface area (Å²) in [6, 6.07) is 18.6. The van der Waals surface area contributed by atoms with Crippen LogP contribution < -0.4 is 36.2 Å². The van der Waals surface area contributed by atoms with E-state index in [9.17, 15) is 32.4 Å². The summed E-state index contributed by atoms with van der Waals surface area (Å²) in [4.78, 5) is 77.8. The van der Waals surface area contributed by atoms with Gasteiger partial charge in [0.1, 0.15) is 11.9 Å². The highest BCUT2D eigenvalue weighted by Gasteiger charge is 2.45. The predicted octanol–water partition coefficient (Wildman–Crippen LogP) is 4.27. The van der Waals surface area contributed by atoms with Crippen molar-refractivity contribution in [3.05, 3.63) is 89.6 Å². The number of nitrogens with zero attached hydrogens (tertiary/aromatic N) is 5. The minimum atomic E-state index is -3.71. The molecular weight excluding hydrogens is 839 g/mol. The van der Waals surface area contributed by atoms with Gasteiger partial charge in [-0.15, -0.1) is 0 Å². The Morgan fingerprint density at radius 1 is 0.859 bits per heavy atom. The largest absolute Gasteiger partial charge is 0.384 e. The van der Waals surface area contributed by atoms with Crippen LogP contribution in [-0.4, -0.2) is 115 Å². The maximum Gasteiger partial charge on any atom is 0.264 e. The van der Waals surface area contributed by atoms with E-state index in [0.717, 1.165) is 67.3 Å². The lowest BCUT2D eigenvalue weighted by molar-refractivity contribution is -0.136. The smallest absolute Gasteiger partial charge is 0.264 e. The molecule has 19 heteroatoms. The van der Waals surface area contributed by atoms with Crippen molar-refractivity contribution in [2.24, 2.45) is 0 Å². The number of fused-ring (bicyclic) bond motifs is 1. The molecule has 2 fully saturated rings. The second-order valence-corrected chi connectivity index (χ2v) is 18.9. The van der Waals surface area contributed by atoms with E-state index in [4.69, 9.17) is 0 Å². The van der Waals surface area contributed by atoms with Crippen molar-refractivity contribution >= 4 is 74.1 Å². The average molecular weight is 894 g/mol. The predicted molar refractivity (Wildman–Crippen MR) is 243 cm³/mol. The molecule has 338 valence electrons. The molecule has 3 aromatic carbocycles. The Hall–Kier alpha value is -6.44. The van der Waals surface area contributed by atoms with Gasteiger partial charge in [-0.25, -0.2) is 18.1 Å². The number of piperazine rings is 1. The highest BCUT2D eigenvalue weighted by Crippen LogP contribution is 2.33. The van der Waals surface area contributed by atoms with Crippen LogP contribution in [0.15, 0.2) is 77.8 Å². The summed E-state index contributed by atoms with van der Waals surface area (Å²) in [5.41, 5.74) is 3.62. The maximum absolute atomic E-state index is 13.3. The number of hydrogen-bond acceptors (Lipinski definition) is 14. The van der Waals surface area contributed by atoms with Gasteiger partial charge in [-0.2, -0.15) is 4.98 Å². The van der Waals surface area contributed by atoms with Gasteiger partial charge in [0, 0.05) is 85.7 Å². The van der Waals surface area contributed by atoms with Gasteiger partial charge in [-0.05, 0) is 108 Å². The van der Waals surface area contributed by atoms with Gasteiger partial charge in [0.25, 0.3) is 11.8 Å². The van der Waals surface area contributed by atoms with Crippen LogP contribution in [0.2, 0.25) is 0 Å². The van der Waals surface area contributed by atoms with E-state index in [0.29, 0.717) is 42.8 Å². The molecule has 1 atom stereocenters. The maximum atomic E-state index is 13.3. The first-order chi connectivity index (χ1) is 30.5. The average Bonchev–Trinajstić information content (AvgIpc) is 3.50. The number of hydrogen-bond donors (Lipinski definition) is 6. The number of nitrogens with one attached hydrogen (secondary N) is 6. The number of unbranched alkanes of at least 4 members (excludes halogenated alkanes) is 2. The normalized spacial score (nSPS) is 17.0. The number of benzene rings is 3. The Kier molecular flexibility index (Phi) is 13.9. The summed E-state index contributed by atoms with van der Waals surface area (Å²) in [5.74, 6) is -1.23. The van der Waals surface area contributed by atoms with E-state index >= 15 is 0 Å². The Balaban J connectivity index is 0.797. The summed E-state index contributed by atoms with van der Waals surface area (Å²) in [6.07, 6.45) is 4.26. The number of sulfonamides is 1. The number of carbonyl (C=O) groups excluding carboxylic acids is 5. The van der Waals surface area contributed by atoms with Crippen molar-refractivity contribution in [3.63, 3.8) is 0 Å². The third-order valence-electron chi connectivity index (χ3n) is 11.0. The second-order valence-electron chi connectivity index (χ2n) is 17.2. The molecular formula is C45H55N11O7S. The van der Waals surface area contributed by atoms with E-state index < -0.39 is 45.2 Å². The number of aromatic nitrogens is 2. The molecule has 18 nitrogen and oxygen atoms in total. The molecule has 0 bridgehead atoms. The molecule has 7 rings (SSSR count). The summed E-state index contributed by atoms with van der Waals surface area (Å²) >= 11 is 0. The Morgan fingerprint density at radius 2 is 1.59 bits per heavy atom. The monoisotopic (exact) mass is 893 g/mol. The Bertz CT molecular complexity index is 2520. The third kappa shape index (κ3) is 11.2. The topological polar surface area (TPSA) is 227 Å². The number of imide groups is 2. The highest BCUT2D eigenvalue weighted by atomic mass is 32.2. The molecule has 1 unspecified atom stereocenters. The quantitative estimate of drug-likeness (QED) is 0.0643. The standard InChI is InChI=1S/C45H55N11O7S/c1-29-27-48-44(52-40(29)49-31-10-8-11-33(26-31)64(62,63)53-45(2,3)4)50-30-14-16-32(17-15-30)55-24-22-54(23-25-55)28-38(58)47-21-7-5-6-20-46-35-13-9-12-34-39(35)43(61)56(42(34)60)36-18-19-37(57)51-41(36)59/h8-17,26-27,36,46,53H,5-7,18-25,28H2,1-4H3,(H,47,58)(H,51,57,59)(H2,48,49,50,52). The van der Waals surface area contributed by atoms with Crippen molar-refractivity contribution in [1.29, 1.82) is 0 Å². The van der Waals surface area contributed by atoms with Crippen molar-refractivity contribution in [3.8, 4) is 0 Å². The molecule has 0 aliphatic carbocycles. The van der Waals surface area contributed by atoms with Gasteiger partial charge in [-0.3, -0.25) is 39.1 Å². The third-order valence-corrected chi connectivity index (χ3v) is 12.8. The molecule has 1 aromatic heterocycles. The van der Waals surface area contributed by atoms with Gasteiger partial charge < -0.3 is 26.2 Å². The zero-order valence-corrected chi connectivity index (χ0v) is 37.3. The van der Waals surface area contributed by atoms with E-state index in [1.165, 1.54) is 0 Å². The minimum Gasteiger partial charge on any atom is -0.384 e. The molecule has 4 aromatic rings. The summed E-state index contributed by atoms with van der Waals surface area (Å²) in [5, 5.41) is 15.0. The van der Waals surface area contributed by atoms with Crippen molar-refractivity contribution in [1.82, 2.24) is 35.1 Å². The van der Waals surface area contributed by atoms with Gasteiger partial charge in [0.05, 0.1) is 22.6 Å². The van der Waals surface area contributed by atoms with Crippen LogP contribution in [0, 0.1) is 6.92 Å². The van der Waals surface area contributed by atoms with Crippen molar-refractivity contribution in [2.45, 2.75) is 76.3 Å². The fraction of sp³-hybridized carbons (Fsp3) is 0.400. The van der Waals surface area contributed by atoms with Crippen molar-refractivity contribution < 1.29 is 32.4 Å². The fourth-order valence-corrected chi connectivity index (χ4v) is 9.28. The van der Waals surface area contributed by atoms with Gasteiger partial charge in [-0.1, -0.05) is 12.1 Å². The number of rotatable bonds is 17.